The third-order valence-corrected chi connectivity index (χ3v) is 6.20. The summed E-state index contributed by atoms with van der Waals surface area (Å²) in [6.07, 6.45) is -9.70. The van der Waals surface area contributed by atoms with Crippen molar-refractivity contribution in [2.45, 2.75) is 54.1 Å². The van der Waals surface area contributed by atoms with E-state index in [1.807, 2.05) is 0 Å². The fraction of sp³-hybridized carbons (Fsp3) is 0.545. The topological polar surface area (TPSA) is 52.6 Å². The Hall–Kier alpha value is -2.94. The lowest BCUT2D eigenvalue weighted by atomic mass is 9.88. The van der Waals surface area contributed by atoms with Crippen LogP contribution in [0, 0.1) is 0 Å². The maximum atomic E-state index is 14.0. The fourth-order valence-corrected chi connectivity index (χ4v) is 3.60. The lowest BCUT2D eigenvalue weighted by molar-refractivity contribution is -0.461. The molecule has 0 saturated heterocycles. The van der Waals surface area contributed by atoms with E-state index in [1.165, 1.54) is 0 Å². The maximum absolute atomic E-state index is 14.0. The SMILES string of the molecule is C=CC(=O)OCCOc1ccc(C(=O)SCCC(F)(F)C(F)(F)C(F)(F)C(F)(F)C(F)(F)C(F)(F)C(F)(F)C(F)(F)F)cc1. The average Bonchev–Trinajstić information content (AvgIpc) is 2.89. The predicted octanol–water partition coefficient (Wildman–Crippen LogP) is 8.07. The van der Waals surface area contributed by atoms with Crippen LogP contribution in [-0.2, 0) is 9.53 Å². The Morgan fingerprint density at radius 2 is 1.09 bits per heavy atom. The van der Waals surface area contributed by atoms with Gasteiger partial charge in [0, 0.05) is 23.8 Å². The van der Waals surface area contributed by atoms with E-state index in [4.69, 9.17) is 4.74 Å². The molecule has 0 N–H and O–H groups in total. The zero-order valence-electron chi connectivity index (χ0n) is 20.9. The zero-order chi connectivity index (χ0) is 34.8. The summed E-state index contributed by atoms with van der Waals surface area (Å²) in [5.74, 6) is -59.3. The fourth-order valence-electron chi connectivity index (χ4n) is 2.76. The van der Waals surface area contributed by atoms with Gasteiger partial charge in [-0.25, -0.2) is 4.79 Å². The number of benzene rings is 1. The molecule has 0 aromatic heterocycles. The Balaban J connectivity index is 3.05. The lowest BCUT2D eigenvalue weighted by Gasteiger charge is -2.42. The Bertz CT molecular complexity index is 1180. The van der Waals surface area contributed by atoms with Crippen molar-refractivity contribution in [1.82, 2.24) is 0 Å². The van der Waals surface area contributed by atoms with Gasteiger partial charge in [0.05, 0.1) is 0 Å². The average molecular weight is 698 g/mol. The molecule has 0 atom stereocenters. The second-order valence-corrected chi connectivity index (χ2v) is 9.35. The first-order chi connectivity index (χ1) is 19.6. The van der Waals surface area contributed by atoms with Crippen molar-refractivity contribution >= 4 is 22.8 Å². The van der Waals surface area contributed by atoms with Crippen molar-refractivity contribution in [3.05, 3.63) is 42.5 Å². The number of ether oxygens (including phenoxy) is 2. The van der Waals surface area contributed by atoms with Crippen LogP contribution in [-0.4, -0.2) is 77.7 Å². The molecule has 0 unspecified atom stereocenters. The van der Waals surface area contributed by atoms with Gasteiger partial charge in [0.2, 0.25) is 5.12 Å². The van der Waals surface area contributed by atoms with E-state index >= 15 is 0 Å². The van der Waals surface area contributed by atoms with Crippen molar-refractivity contribution in [2.75, 3.05) is 19.0 Å². The number of carbonyl (C=O) groups excluding carboxylic acids is 2. The second-order valence-electron chi connectivity index (χ2n) is 8.28. The molecule has 0 spiro atoms. The lowest BCUT2D eigenvalue weighted by Crippen LogP contribution is -2.74. The molecule has 44 heavy (non-hydrogen) atoms. The molecule has 0 heterocycles. The maximum Gasteiger partial charge on any atom is 0.460 e. The van der Waals surface area contributed by atoms with E-state index in [2.05, 4.69) is 11.3 Å². The summed E-state index contributed by atoms with van der Waals surface area (Å²) in [4.78, 5) is 22.9. The molecule has 0 amide bonds. The van der Waals surface area contributed by atoms with Crippen LogP contribution in [0.3, 0.4) is 0 Å². The standard InChI is InChI=1S/C22H15F17O4S/c1-2-13(40)43-9-8-42-12-5-3-11(4-6-12)14(41)44-10-7-15(23,24)16(25,26)17(27,28)18(29,30)19(31,32)20(33,34)21(35,36)22(37,38)39/h2-6H,1,7-10H2. The monoisotopic (exact) mass is 698 g/mol. The quantitative estimate of drug-likeness (QED) is 0.0804. The molecule has 0 saturated carbocycles. The summed E-state index contributed by atoms with van der Waals surface area (Å²) in [7, 11) is 0. The van der Waals surface area contributed by atoms with Crippen molar-refractivity contribution < 1.29 is 93.7 Å². The third kappa shape index (κ3) is 6.98. The van der Waals surface area contributed by atoms with Gasteiger partial charge in [-0.05, 0) is 24.3 Å². The van der Waals surface area contributed by atoms with E-state index in [-0.39, 0.29) is 36.3 Å². The van der Waals surface area contributed by atoms with Gasteiger partial charge in [-0.3, -0.25) is 4.79 Å². The molecule has 0 aliphatic heterocycles. The Kier molecular flexibility index (Phi) is 11.4. The van der Waals surface area contributed by atoms with E-state index in [9.17, 15) is 84.2 Å². The van der Waals surface area contributed by atoms with Crippen LogP contribution in [0.25, 0.3) is 0 Å². The normalized spacial score (nSPS) is 14.3. The number of halogens is 17. The Morgan fingerprint density at radius 3 is 1.52 bits per heavy atom. The minimum absolute atomic E-state index is 0.0333. The molecule has 0 aliphatic carbocycles. The summed E-state index contributed by atoms with van der Waals surface area (Å²) < 4.78 is 236. The van der Waals surface area contributed by atoms with Crippen LogP contribution in [0.4, 0.5) is 74.6 Å². The van der Waals surface area contributed by atoms with Gasteiger partial charge in [-0.15, -0.1) is 0 Å². The molecule has 1 aromatic rings. The van der Waals surface area contributed by atoms with Crippen molar-refractivity contribution in [1.29, 1.82) is 0 Å². The van der Waals surface area contributed by atoms with Gasteiger partial charge < -0.3 is 9.47 Å². The molecule has 0 radical (unpaired) electrons. The minimum Gasteiger partial charge on any atom is -0.490 e. The highest BCUT2D eigenvalue weighted by molar-refractivity contribution is 8.14. The van der Waals surface area contributed by atoms with E-state index in [0.717, 1.165) is 30.3 Å². The Labute approximate surface area is 238 Å². The number of esters is 1. The van der Waals surface area contributed by atoms with Gasteiger partial charge in [-0.1, -0.05) is 18.3 Å². The molecule has 0 fully saturated rings. The van der Waals surface area contributed by atoms with Crippen molar-refractivity contribution in [3.63, 3.8) is 0 Å². The highest BCUT2D eigenvalue weighted by Crippen LogP contribution is 2.64. The van der Waals surface area contributed by atoms with E-state index in [1.54, 1.807) is 0 Å². The van der Waals surface area contributed by atoms with Crippen LogP contribution < -0.4 is 4.74 Å². The zero-order valence-corrected chi connectivity index (χ0v) is 21.7. The van der Waals surface area contributed by atoms with Gasteiger partial charge in [-0.2, -0.15) is 74.6 Å². The number of hydrogen-bond donors (Lipinski definition) is 0. The van der Waals surface area contributed by atoms with Crippen LogP contribution in [0.1, 0.15) is 16.8 Å². The van der Waals surface area contributed by atoms with Gasteiger partial charge in [0.1, 0.15) is 19.0 Å². The smallest absolute Gasteiger partial charge is 0.460 e. The number of rotatable bonds is 15. The molecular weight excluding hydrogens is 683 g/mol. The third-order valence-electron chi connectivity index (χ3n) is 5.29. The molecule has 252 valence electrons. The van der Waals surface area contributed by atoms with Crippen LogP contribution in [0.2, 0.25) is 0 Å². The Morgan fingerprint density at radius 1 is 0.659 bits per heavy atom. The first-order valence-corrected chi connectivity index (χ1v) is 12.0. The van der Waals surface area contributed by atoms with E-state index in [0.29, 0.717) is 0 Å². The molecule has 1 aromatic carbocycles. The first kappa shape index (κ1) is 39.1. The van der Waals surface area contributed by atoms with Crippen molar-refractivity contribution in [2.24, 2.45) is 0 Å². The second kappa shape index (κ2) is 12.8. The molecular formula is C22H15F17O4S. The molecule has 22 heteroatoms. The minimum atomic E-state index is -8.70. The summed E-state index contributed by atoms with van der Waals surface area (Å²) in [5, 5.41) is -1.26. The summed E-state index contributed by atoms with van der Waals surface area (Å²) >= 11 is -0.345. The largest absolute Gasteiger partial charge is 0.490 e. The van der Waals surface area contributed by atoms with Gasteiger partial charge in [0.25, 0.3) is 0 Å². The van der Waals surface area contributed by atoms with Crippen molar-refractivity contribution in [3.8, 4) is 5.75 Å². The molecule has 0 bridgehead atoms. The molecule has 4 nitrogen and oxygen atoms in total. The van der Waals surface area contributed by atoms with E-state index < -0.39 is 70.9 Å². The van der Waals surface area contributed by atoms with Gasteiger partial charge >= 0.3 is 53.6 Å². The van der Waals surface area contributed by atoms with Crippen LogP contribution in [0.5, 0.6) is 5.75 Å². The van der Waals surface area contributed by atoms with Crippen LogP contribution >= 0.6 is 11.8 Å². The van der Waals surface area contributed by atoms with Gasteiger partial charge in [0.15, 0.2) is 0 Å². The number of thioether (sulfide) groups is 1. The summed E-state index contributed by atoms with van der Waals surface area (Å²) in [6.45, 7) is 2.67. The first-order valence-electron chi connectivity index (χ1n) is 11.0. The summed E-state index contributed by atoms with van der Waals surface area (Å²) in [5.41, 5.74) is -0.389. The summed E-state index contributed by atoms with van der Waals surface area (Å²) in [6, 6.07) is 4.04. The number of carbonyl (C=O) groups is 2. The number of hydrogen-bond acceptors (Lipinski definition) is 5. The predicted molar refractivity (Wildman–Crippen MR) is 115 cm³/mol. The number of alkyl halides is 17. The molecule has 1 rings (SSSR count). The van der Waals surface area contributed by atoms with Crippen LogP contribution in [0.15, 0.2) is 36.9 Å². The molecule has 0 aliphatic rings. The highest BCUT2D eigenvalue weighted by atomic mass is 32.2. The highest BCUT2D eigenvalue weighted by Gasteiger charge is 2.95.